The number of aromatic nitrogens is 3. The van der Waals surface area contributed by atoms with Crippen LogP contribution in [0.3, 0.4) is 0 Å². The summed E-state index contributed by atoms with van der Waals surface area (Å²) in [5, 5.41) is 6.58. The number of rotatable bonds is 5. The highest BCUT2D eigenvalue weighted by Gasteiger charge is 2.70. The van der Waals surface area contributed by atoms with Crippen LogP contribution in [0.15, 0.2) is 12.4 Å². The third kappa shape index (κ3) is 2.83. The predicted octanol–water partition coefficient (Wildman–Crippen LogP) is -0.233. The van der Waals surface area contributed by atoms with E-state index < -0.39 is 38.2 Å². The number of hydrogen-bond acceptors (Lipinski definition) is 8. The maximum absolute atomic E-state index is 13.2. The Kier molecular flexibility index (Phi) is 4.69. The maximum atomic E-state index is 13.2. The van der Waals surface area contributed by atoms with Gasteiger partial charge in [-0.1, -0.05) is 11.6 Å². The molecule has 0 aliphatic carbocycles. The second-order valence-corrected chi connectivity index (χ2v) is 10.5. The van der Waals surface area contributed by atoms with Gasteiger partial charge in [-0.2, -0.15) is 0 Å². The molecule has 3 unspecified atom stereocenters. The summed E-state index contributed by atoms with van der Waals surface area (Å²) in [5.41, 5.74) is 0. The zero-order valence-electron chi connectivity index (χ0n) is 16.0. The summed E-state index contributed by atoms with van der Waals surface area (Å²) in [6, 6.07) is -1.19. The summed E-state index contributed by atoms with van der Waals surface area (Å²) in [6.07, 6.45) is 5.64. The number of ether oxygens (including phenoxy) is 1. The van der Waals surface area contributed by atoms with E-state index in [4.69, 9.17) is 4.74 Å². The molecule has 0 spiro atoms. The van der Waals surface area contributed by atoms with Crippen molar-refractivity contribution in [2.45, 2.75) is 68.5 Å². The zero-order chi connectivity index (χ0) is 20.1. The number of amides is 1. The summed E-state index contributed by atoms with van der Waals surface area (Å²) in [7, 11) is -3.79. The summed E-state index contributed by atoms with van der Waals surface area (Å²) >= 11 is 0. The van der Waals surface area contributed by atoms with Crippen molar-refractivity contribution < 1.29 is 22.7 Å². The first kappa shape index (κ1) is 19.3. The summed E-state index contributed by atoms with van der Waals surface area (Å²) < 4.78 is 31.9. The lowest BCUT2D eigenvalue weighted by molar-refractivity contribution is -0.172. The number of esters is 1. The average Bonchev–Trinajstić information content (AvgIpc) is 3.20. The van der Waals surface area contributed by atoms with Crippen molar-refractivity contribution in [2.24, 2.45) is 0 Å². The van der Waals surface area contributed by atoms with Crippen molar-refractivity contribution in [3.05, 3.63) is 12.4 Å². The minimum Gasteiger partial charge on any atom is -0.445 e. The lowest BCUT2D eigenvalue weighted by Crippen LogP contribution is -2.59. The Morgan fingerprint density at radius 2 is 2.07 bits per heavy atom. The van der Waals surface area contributed by atoms with Crippen LogP contribution in [0.1, 0.15) is 39.5 Å². The molecule has 4 rings (SSSR count). The van der Waals surface area contributed by atoms with E-state index in [1.54, 1.807) is 6.92 Å². The van der Waals surface area contributed by atoms with Crippen molar-refractivity contribution in [1.82, 2.24) is 24.8 Å². The molecule has 0 radical (unpaired) electrons. The van der Waals surface area contributed by atoms with Crippen LogP contribution < -0.4 is 0 Å². The first-order valence-electron chi connectivity index (χ1n) is 9.59. The van der Waals surface area contributed by atoms with Crippen molar-refractivity contribution in [2.75, 3.05) is 13.1 Å². The van der Waals surface area contributed by atoms with Gasteiger partial charge in [0.15, 0.2) is 22.1 Å². The van der Waals surface area contributed by atoms with Crippen molar-refractivity contribution in [3.63, 3.8) is 0 Å². The Hall–Kier alpha value is -2.01. The van der Waals surface area contributed by atoms with Crippen LogP contribution in [0, 0.1) is 0 Å². The fourth-order valence-electron chi connectivity index (χ4n) is 4.50. The Morgan fingerprint density at radius 1 is 1.36 bits per heavy atom. The Bertz CT molecular complexity index is 867. The van der Waals surface area contributed by atoms with Gasteiger partial charge in [-0.25, -0.2) is 13.2 Å². The Balaban J connectivity index is 1.61. The molecule has 3 aliphatic heterocycles. The number of fused-ring (bicyclic) bond motifs is 1. The number of carbonyl (C=O) groups excluding carboxylic acids is 2. The fraction of sp³-hybridized carbons (Fsp3) is 0.765. The topological polar surface area (TPSA) is 115 Å². The number of sulfone groups is 1. The second-order valence-electron chi connectivity index (χ2n) is 7.95. The largest absolute Gasteiger partial charge is 0.445 e. The molecule has 4 atom stereocenters. The van der Waals surface area contributed by atoms with Crippen LogP contribution in [0.4, 0.5) is 0 Å². The molecule has 3 fully saturated rings. The third-order valence-electron chi connectivity index (χ3n) is 6.17. The van der Waals surface area contributed by atoms with E-state index >= 15 is 0 Å². The first-order valence-corrected chi connectivity index (χ1v) is 11.1. The summed E-state index contributed by atoms with van der Waals surface area (Å²) in [6.45, 7) is 4.87. The zero-order valence-corrected chi connectivity index (χ0v) is 16.8. The SMILES string of the molecule is CC(OC(=O)[C@@H]1N2C(=O)CC2S(=O)(=O)C1(C)Cn1ccnn1)N1CCCCC1. The maximum Gasteiger partial charge on any atom is 0.332 e. The molecular weight excluding hydrogens is 386 g/mol. The molecule has 0 saturated carbocycles. The van der Waals surface area contributed by atoms with Crippen molar-refractivity contribution in [1.29, 1.82) is 0 Å². The molecule has 3 aliphatic rings. The van der Waals surface area contributed by atoms with Crippen LogP contribution in [0.2, 0.25) is 0 Å². The first-order chi connectivity index (χ1) is 13.3. The molecule has 11 heteroatoms. The average molecular weight is 411 g/mol. The normalized spacial score (nSPS) is 33.2. The number of hydrogen-bond donors (Lipinski definition) is 0. The fourth-order valence-corrected chi connectivity index (χ4v) is 6.85. The van der Waals surface area contributed by atoms with Gasteiger partial charge in [0.1, 0.15) is 10.1 Å². The Labute approximate surface area is 163 Å². The van der Waals surface area contributed by atoms with Gasteiger partial charge in [0, 0.05) is 19.3 Å². The number of carbonyl (C=O) groups is 2. The molecular formula is C17H25N5O5S. The van der Waals surface area contributed by atoms with Crippen molar-refractivity contribution in [3.8, 4) is 0 Å². The smallest absolute Gasteiger partial charge is 0.332 e. The molecule has 0 N–H and O–H groups in total. The minimum absolute atomic E-state index is 0.0759. The van der Waals surface area contributed by atoms with Gasteiger partial charge in [-0.3, -0.25) is 14.4 Å². The number of likely N-dealkylation sites (tertiary alicyclic amines) is 1. The van der Waals surface area contributed by atoms with E-state index in [1.165, 1.54) is 28.9 Å². The highest BCUT2D eigenvalue weighted by molar-refractivity contribution is 7.93. The van der Waals surface area contributed by atoms with Gasteiger partial charge < -0.3 is 9.64 Å². The standard InChI is InChI=1S/C17H25N5O5S/c1-12(20-7-4-3-5-8-20)27-16(24)15-17(2,11-21-9-6-18-19-21)28(25,26)14-10-13(23)22(14)15/h6,9,12,14-15H,3-5,7-8,10-11H2,1-2H3/t12?,14?,15-,17?/m0/s1. The summed E-state index contributed by atoms with van der Waals surface area (Å²) in [4.78, 5) is 28.6. The lowest BCUT2D eigenvalue weighted by Gasteiger charge is -2.38. The van der Waals surface area contributed by atoms with Gasteiger partial charge in [0.05, 0.1) is 19.2 Å². The second kappa shape index (κ2) is 6.80. The van der Waals surface area contributed by atoms with Gasteiger partial charge in [-0.05, 0) is 26.7 Å². The van der Waals surface area contributed by atoms with E-state index in [-0.39, 0.29) is 18.9 Å². The quantitative estimate of drug-likeness (QED) is 0.482. The summed E-state index contributed by atoms with van der Waals surface area (Å²) in [5.74, 6) is -1.02. The molecule has 154 valence electrons. The van der Waals surface area contributed by atoms with Gasteiger partial charge >= 0.3 is 5.97 Å². The lowest BCUT2D eigenvalue weighted by atomic mass is 9.96. The highest BCUT2D eigenvalue weighted by atomic mass is 32.2. The third-order valence-corrected chi connectivity index (χ3v) is 8.94. The molecule has 28 heavy (non-hydrogen) atoms. The van der Waals surface area contributed by atoms with E-state index in [9.17, 15) is 18.0 Å². The van der Waals surface area contributed by atoms with E-state index in [1.807, 2.05) is 0 Å². The molecule has 4 heterocycles. The van der Waals surface area contributed by atoms with E-state index in [0.29, 0.717) is 0 Å². The number of piperidine rings is 1. The van der Waals surface area contributed by atoms with Crippen LogP contribution in [-0.4, -0.2) is 80.6 Å². The highest BCUT2D eigenvalue weighted by Crippen LogP contribution is 2.47. The molecule has 0 bridgehead atoms. The molecule has 1 aromatic rings. The minimum atomic E-state index is -3.79. The molecule has 3 saturated heterocycles. The monoisotopic (exact) mass is 411 g/mol. The van der Waals surface area contributed by atoms with Gasteiger partial charge in [0.25, 0.3) is 0 Å². The predicted molar refractivity (Wildman–Crippen MR) is 97.4 cm³/mol. The number of β-lactam (4-membered cyclic amide) rings is 1. The van der Waals surface area contributed by atoms with Gasteiger partial charge in [-0.15, -0.1) is 5.10 Å². The van der Waals surface area contributed by atoms with Crippen LogP contribution in [-0.2, 0) is 30.7 Å². The van der Waals surface area contributed by atoms with Crippen LogP contribution in [0.25, 0.3) is 0 Å². The van der Waals surface area contributed by atoms with Crippen molar-refractivity contribution >= 4 is 21.7 Å². The molecule has 0 aromatic carbocycles. The Morgan fingerprint density at radius 3 is 2.68 bits per heavy atom. The van der Waals surface area contributed by atoms with E-state index in [2.05, 4.69) is 15.2 Å². The molecule has 1 aromatic heterocycles. The number of nitrogens with zero attached hydrogens (tertiary/aromatic N) is 5. The molecule has 10 nitrogen and oxygen atoms in total. The van der Waals surface area contributed by atoms with E-state index in [0.717, 1.165) is 32.4 Å². The molecule has 1 amide bonds. The van der Waals surface area contributed by atoms with Crippen LogP contribution in [0.5, 0.6) is 0 Å². The van der Waals surface area contributed by atoms with Gasteiger partial charge in [0.2, 0.25) is 5.91 Å². The van der Waals surface area contributed by atoms with Crippen LogP contribution >= 0.6 is 0 Å².